The third-order valence-electron chi connectivity index (χ3n) is 2.61. The molecule has 6 heteroatoms. The van der Waals surface area contributed by atoms with Crippen molar-refractivity contribution in [1.29, 1.82) is 0 Å². The summed E-state index contributed by atoms with van der Waals surface area (Å²) in [7, 11) is 3.90. The van der Waals surface area contributed by atoms with Gasteiger partial charge in [0.2, 0.25) is 5.91 Å². The molecule has 0 atom stereocenters. The molecule has 0 heterocycles. The van der Waals surface area contributed by atoms with Crippen LogP contribution in [0.25, 0.3) is 0 Å². The van der Waals surface area contributed by atoms with Crippen molar-refractivity contribution in [2.75, 3.05) is 37.4 Å². The molecule has 6 nitrogen and oxygen atoms in total. The molecule has 1 aromatic rings. The molecule has 0 bridgehead atoms. The molecule has 1 rings (SSSR count). The van der Waals surface area contributed by atoms with Gasteiger partial charge >= 0.3 is 6.03 Å². The topological polar surface area (TPSA) is 73.5 Å². The first kappa shape index (κ1) is 15.8. The molecule has 0 saturated carbocycles. The van der Waals surface area contributed by atoms with Gasteiger partial charge in [-0.15, -0.1) is 0 Å². The zero-order chi connectivity index (χ0) is 15.0. The van der Waals surface area contributed by atoms with E-state index in [1.54, 1.807) is 0 Å². The molecule has 0 aliphatic rings. The maximum atomic E-state index is 11.6. The highest BCUT2D eigenvalue weighted by Gasteiger charge is 2.05. The van der Waals surface area contributed by atoms with E-state index >= 15 is 0 Å². The highest BCUT2D eigenvalue weighted by molar-refractivity contribution is 5.94. The molecule has 0 spiro atoms. The predicted molar refractivity (Wildman–Crippen MR) is 81.1 cm³/mol. The normalized spacial score (nSPS) is 9.75. The molecule has 3 amide bonds. The molecule has 3 N–H and O–H groups in total. The number of nitrogens with one attached hydrogen (secondary N) is 3. The van der Waals surface area contributed by atoms with Crippen LogP contribution in [0.15, 0.2) is 24.3 Å². The zero-order valence-corrected chi connectivity index (χ0v) is 12.2. The summed E-state index contributed by atoms with van der Waals surface area (Å²) in [5, 5.41) is 7.85. The van der Waals surface area contributed by atoms with Gasteiger partial charge in [0.25, 0.3) is 0 Å². The summed E-state index contributed by atoms with van der Waals surface area (Å²) in [6.07, 6.45) is 0.859. The van der Waals surface area contributed by atoms with Gasteiger partial charge in [0.05, 0.1) is 6.54 Å². The summed E-state index contributed by atoms with van der Waals surface area (Å²) in [6.45, 7) is 2.51. The van der Waals surface area contributed by atoms with Gasteiger partial charge in [-0.05, 0) is 30.7 Å². The van der Waals surface area contributed by atoms with Crippen LogP contribution < -0.4 is 20.9 Å². The van der Waals surface area contributed by atoms with Crippen molar-refractivity contribution in [3.8, 4) is 0 Å². The first-order valence-corrected chi connectivity index (χ1v) is 6.62. The molecule has 0 aromatic heterocycles. The first-order chi connectivity index (χ1) is 9.52. The minimum absolute atomic E-state index is 0.0506. The summed E-state index contributed by atoms with van der Waals surface area (Å²) in [6, 6.07) is 7.15. The smallest absolute Gasteiger partial charge is 0.315 e. The molecule has 0 aliphatic carbocycles. The molecule has 1 aromatic carbocycles. The molecular formula is C14H22N4O2. The maximum absolute atomic E-state index is 11.6. The van der Waals surface area contributed by atoms with Gasteiger partial charge in [-0.2, -0.15) is 0 Å². The van der Waals surface area contributed by atoms with Crippen LogP contribution in [0.2, 0.25) is 0 Å². The molecule has 110 valence electrons. The fourth-order valence-electron chi connectivity index (χ4n) is 1.51. The molecule has 0 unspecified atom stereocenters. The van der Waals surface area contributed by atoms with Crippen LogP contribution in [0.5, 0.6) is 0 Å². The second-order valence-corrected chi connectivity index (χ2v) is 4.60. The number of carbonyl (C=O) groups is 2. The van der Waals surface area contributed by atoms with Crippen LogP contribution in [0.3, 0.4) is 0 Å². The van der Waals surface area contributed by atoms with E-state index in [9.17, 15) is 9.59 Å². The Morgan fingerprint density at radius 2 is 1.75 bits per heavy atom. The second kappa shape index (κ2) is 8.04. The monoisotopic (exact) mass is 278 g/mol. The number of nitrogens with zero attached hydrogens (tertiary/aromatic N) is 1. The largest absolute Gasteiger partial charge is 0.378 e. The minimum atomic E-state index is -0.329. The fourth-order valence-corrected chi connectivity index (χ4v) is 1.51. The van der Waals surface area contributed by atoms with Crippen molar-refractivity contribution in [3.05, 3.63) is 24.3 Å². The fraction of sp³-hybridized carbons (Fsp3) is 0.429. The molecule has 20 heavy (non-hydrogen) atoms. The Hall–Kier alpha value is -2.24. The molecule has 0 fully saturated rings. The number of hydrogen-bond donors (Lipinski definition) is 3. The molecule has 0 saturated heterocycles. The van der Waals surface area contributed by atoms with Gasteiger partial charge in [0.1, 0.15) is 0 Å². The van der Waals surface area contributed by atoms with Gasteiger partial charge in [0.15, 0.2) is 0 Å². The van der Waals surface area contributed by atoms with E-state index in [0.29, 0.717) is 12.2 Å². The lowest BCUT2D eigenvalue weighted by Gasteiger charge is -2.13. The quantitative estimate of drug-likeness (QED) is 0.736. The first-order valence-electron chi connectivity index (χ1n) is 6.62. The molecular weight excluding hydrogens is 256 g/mol. The number of hydrogen-bond acceptors (Lipinski definition) is 3. The standard InChI is InChI=1S/C14H22N4O2/c1-4-9-15-14(20)16-10-13(19)17-11-5-7-12(8-6-11)18(2)3/h5-8H,4,9-10H2,1-3H3,(H,17,19)(H2,15,16,20). The van der Waals surface area contributed by atoms with Crippen LogP contribution in [0, 0.1) is 0 Å². The van der Waals surface area contributed by atoms with Crippen LogP contribution in [0.4, 0.5) is 16.2 Å². The summed E-state index contributed by atoms with van der Waals surface area (Å²) in [5.74, 6) is -0.255. The number of benzene rings is 1. The van der Waals surface area contributed by atoms with Crippen LogP contribution in [-0.2, 0) is 4.79 Å². The van der Waals surface area contributed by atoms with E-state index in [1.165, 1.54) is 0 Å². The number of urea groups is 1. The van der Waals surface area contributed by atoms with E-state index in [-0.39, 0.29) is 18.5 Å². The molecule has 0 aliphatic heterocycles. The number of amides is 3. The van der Waals surface area contributed by atoms with Crippen molar-refractivity contribution in [3.63, 3.8) is 0 Å². The third kappa shape index (κ3) is 5.60. The Labute approximate surface area is 119 Å². The van der Waals surface area contributed by atoms with Crippen molar-refractivity contribution >= 4 is 23.3 Å². The maximum Gasteiger partial charge on any atom is 0.315 e. The van der Waals surface area contributed by atoms with Crippen LogP contribution >= 0.6 is 0 Å². The van der Waals surface area contributed by atoms with E-state index in [4.69, 9.17) is 0 Å². The highest BCUT2D eigenvalue weighted by atomic mass is 16.2. The Morgan fingerprint density at radius 1 is 1.10 bits per heavy atom. The summed E-state index contributed by atoms with van der Waals surface area (Å²) in [4.78, 5) is 24.9. The Kier molecular flexibility index (Phi) is 6.36. The lowest BCUT2D eigenvalue weighted by atomic mass is 10.2. The average molecular weight is 278 g/mol. The predicted octanol–water partition coefficient (Wildman–Crippen LogP) is 1.40. The van der Waals surface area contributed by atoms with Gasteiger partial charge in [-0.1, -0.05) is 6.92 Å². The van der Waals surface area contributed by atoms with Gasteiger partial charge in [0, 0.05) is 32.0 Å². The minimum Gasteiger partial charge on any atom is -0.378 e. The van der Waals surface area contributed by atoms with Gasteiger partial charge in [-0.3, -0.25) is 4.79 Å². The Bertz CT molecular complexity index is 443. The van der Waals surface area contributed by atoms with Gasteiger partial charge in [-0.25, -0.2) is 4.79 Å². The third-order valence-corrected chi connectivity index (χ3v) is 2.61. The van der Waals surface area contributed by atoms with Gasteiger partial charge < -0.3 is 20.9 Å². The second-order valence-electron chi connectivity index (χ2n) is 4.60. The zero-order valence-electron chi connectivity index (χ0n) is 12.2. The van der Waals surface area contributed by atoms with Crippen molar-refractivity contribution in [2.24, 2.45) is 0 Å². The summed E-state index contributed by atoms with van der Waals surface area (Å²) >= 11 is 0. The van der Waals surface area contributed by atoms with Crippen molar-refractivity contribution < 1.29 is 9.59 Å². The van der Waals surface area contributed by atoms with E-state index < -0.39 is 0 Å². The highest BCUT2D eigenvalue weighted by Crippen LogP contribution is 2.15. The Balaban J connectivity index is 2.36. The Morgan fingerprint density at radius 3 is 2.30 bits per heavy atom. The lowest BCUT2D eigenvalue weighted by molar-refractivity contribution is -0.115. The number of rotatable bonds is 6. The van der Waals surface area contributed by atoms with E-state index in [1.807, 2.05) is 50.2 Å². The number of carbonyl (C=O) groups excluding carboxylic acids is 2. The lowest BCUT2D eigenvalue weighted by Crippen LogP contribution is -2.40. The van der Waals surface area contributed by atoms with E-state index in [2.05, 4.69) is 16.0 Å². The average Bonchev–Trinajstić information content (AvgIpc) is 2.43. The van der Waals surface area contributed by atoms with Crippen LogP contribution in [0.1, 0.15) is 13.3 Å². The van der Waals surface area contributed by atoms with Crippen molar-refractivity contribution in [1.82, 2.24) is 10.6 Å². The summed E-state index contributed by atoms with van der Waals surface area (Å²) in [5.41, 5.74) is 1.76. The van der Waals surface area contributed by atoms with E-state index in [0.717, 1.165) is 12.1 Å². The number of anilines is 2. The SMILES string of the molecule is CCCNC(=O)NCC(=O)Nc1ccc(N(C)C)cc1. The van der Waals surface area contributed by atoms with Crippen LogP contribution in [-0.4, -0.2) is 39.1 Å². The summed E-state index contributed by atoms with van der Waals surface area (Å²) < 4.78 is 0. The molecule has 0 radical (unpaired) electrons. The van der Waals surface area contributed by atoms with Crippen molar-refractivity contribution in [2.45, 2.75) is 13.3 Å².